The molecule has 0 aromatic carbocycles. The summed E-state index contributed by atoms with van der Waals surface area (Å²) in [5, 5.41) is 0.108. The molecule has 1 aliphatic heterocycles. The lowest BCUT2D eigenvalue weighted by Gasteiger charge is -2.30. The van der Waals surface area contributed by atoms with Gasteiger partial charge in [0.2, 0.25) is 0 Å². The number of rotatable bonds is 3. The molecule has 1 saturated heterocycles. The molecule has 1 aromatic heterocycles. The van der Waals surface area contributed by atoms with Gasteiger partial charge in [-0.2, -0.15) is 4.31 Å². The molecule has 5 nitrogen and oxygen atoms in total. The molecular formula is C11H17Cl2N3O2S. The quantitative estimate of drug-likeness (QED) is 0.914. The van der Waals surface area contributed by atoms with E-state index in [2.05, 4.69) is 4.98 Å². The van der Waals surface area contributed by atoms with E-state index in [0.29, 0.717) is 25.6 Å². The Morgan fingerprint density at radius 2 is 2.05 bits per heavy atom. The summed E-state index contributed by atoms with van der Waals surface area (Å²) in [5.41, 5.74) is 5.59. The van der Waals surface area contributed by atoms with Gasteiger partial charge in [-0.25, -0.2) is 13.4 Å². The van der Waals surface area contributed by atoms with Crippen molar-refractivity contribution in [3.63, 3.8) is 0 Å². The number of halogens is 2. The molecular weight excluding hydrogens is 309 g/mol. The molecule has 1 aliphatic rings. The van der Waals surface area contributed by atoms with E-state index in [0.717, 1.165) is 12.8 Å². The monoisotopic (exact) mass is 325 g/mol. The van der Waals surface area contributed by atoms with Crippen LogP contribution in [0.4, 0.5) is 0 Å². The zero-order valence-electron chi connectivity index (χ0n) is 10.3. The van der Waals surface area contributed by atoms with Gasteiger partial charge in [-0.3, -0.25) is 0 Å². The number of aromatic nitrogens is 1. The van der Waals surface area contributed by atoms with Crippen LogP contribution in [0.5, 0.6) is 0 Å². The first-order chi connectivity index (χ1) is 8.55. The first-order valence-corrected chi connectivity index (χ1v) is 7.68. The van der Waals surface area contributed by atoms with Crippen LogP contribution in [0.15, 0.2) is 23.4 Å². The smallest absolute Gasteiger partial charge is 0.262 e. The van der Waals surface area contributed by atoms with Gasteiger partial charge >= 0.3 is 0 Å². The van der Waals surface area contributed by atoms with Crippen LogP contribution >= 0.6 is 24.0 Å². The molecule has 0 bridgehead atoms. The SMILES string of the molecule is Cl.NCC1CCN(S(=O)(=O)c2ncccc2Cl)CC1. The maximum absolute atomic E-state index is 12.4. The molecule has 108 valence electrons. The number of hydrogen-bond donors (Lipinski definition) is 1. The van der Waals surface area contributed by atoms with Crippen molar-refractivity contribution in [3.05, 3.63) is 23.4 Å². The van der Waals surface area contributed by atoms with Crippen molar-refractivity contribution >= 4 is 34.0 Å². The first-order valence-electron chi connectivity index (χ1n) is 5.86. The molecule has 2 N–H and O–H groups in total. The third kappa shape index (κ3) is 3.58. The van der Waals surface area contributed by atoms with Crippen LogP contribution in [0, 0.1) is 5.92 Å². The molecule has 2 rings (SSSR count). The van der Waals surface area contributed by atoms with Gasteiger partial charge < -0.3 is 5.73 Å². The molecule has 0 spiro atoms. The molecule has 0 amide bonds. The lowest BCUT2D eigenvalue weighted by atomic mass is 9.99. The van der Waals surface area contributed by atoms with Gasteiger partial charge in [0.1, 0.15) is 0 Å². The lowest BCUT2D eigenvalue weighted by molar-refractivity contribution is 0.278. The molecule has 2 heterocycles. The molecule has 0 unspecified atom stereocenters. The van der Waals surface area contributed by atoms with Crippen LogP contribution in [0.1, 0.15) is 12.8 Å². The van der Waals surface area contributed by atoms with Crippen molar-refractivity contribution < 1.29 is 8.42 Å². The normalized spacial score (nSPS) is 18.0. The van der Waals surface area contributed by atoms with Gasteiger partial charge in [-0.15, -0.1) is 12.4 Å². The Hall–Kier alpha value is -0.400. The number of pyridine rings is 1. The fourth-order valence-corrected chi connectivity index (χ4v) is 3.93. The molecule has 8 heteroatoms. The number of nitrogens with two attached hydrogens (primary N) is 1. The Balaban J connectivity index is 0.00000180. The second kappa shape index (κ2) is 6.85. The van der Waals surface area contributed by atoms with Crippen LogP contribution < -0.4 is 5.73 Å². The molecule has 0 aliphatic carbocycles. The van der Waals surface area contributed by atoms with E-state index in [1.807, 2.05) is 0 Å². The van der Waals surface area contributed by atoms with Crippen molar-refractivity contribution in [1.29, 1.82) is 0 Å². The summed E-state index contributed by atoms with van der Waals surface area (Å²) in [6.45, 7) is 1.58. The third-order valence-corrected chi connectivity index (χ3v) is 5.49. The van der Waals surface area contributed by atoms with Gasteiger partial charge in [-0.1, -0.05) is 11.6 Å². The fraction of sp³-hybridized carbons (Fsp3) is 0.545. The minimum atomic E-state index is -3.57. The highest BCUT2D eigenvalue weighted by Crippen LogP contribution is 2.25. The summed E-state index contributed by atoms with van der Waals surface area (Å²) >= 11 is 5.90. The summed E-state index contributed by atoms with van der Waals surface area (Å²) in [5.74, 6) is 0.413. The standard InChI is InChI=1S/C11H16ClN3O2S.ClH/c12-10-2-1-5-14-11(10)18(16,17)15-6-3-9(8-13)4-7-15;/h1-2,5,9H,3-4,6-8,13H2;1H. The maximum Gasteiger partial charge on any atom is 0.262 e. The predicted octanol–water partition coefficient (Wildman–Crippen LogP) is 1.52. The Bertz CT molecular complexity index is 516. The second-order valence-corrected chi connectivity index (χ2v) is 6.63. The van der Waals surface area contributed by atoms with E-state index in [1.165, 1.54) is 16.6 Å². The molecule has 1 fully saturated rings. The van der Waals surface area contributed by atoms with Gasteiger partial charge in [0, 0.05) is 19.3 Å². The molecule has 0 atom stereocenters. The average Bonchev–Trinajstić information content (AvgIpc) is 2.39. The minimum Gasteiger partial charge on any atom is -0.330 e. The zero-order valence-corrected chi connectivity index (χ0v) is 12.7. The highest BCUT2D eigenvalue weighted by Gasteiger charge is 2.31. The Morgan fingerprint density at radius 1 is 1.42 bits per heavy atom. The first kappa shape index (κ1) is 16.7. The average molecular weight is 326 g/mol. The van der Waals surface area contributed by atoms with Gasteiger partial charge in [-0.05, 0) is 37.4 Å². The Kier molecular flexibility index (Phi) is 6.01. The fourth-order valence-electron chi connectivity index (χ4n) is 2.07. The highest BCUT2D eigenvalue weighted by atomic mass is 35.5. The van der Waals surface area contributed by atoms with Crippen LogP contribution in [-0.2, 0) is 10.0 Å². The van der Waals surface area contributed by atoms with E-state index in [-0.39, 0.29) is 22.5 Å². The second-order valence-electron chi connectivity index (χ2n) is 4.37. The van der Waals surface area contributed by atoms with Crippen molar-refractivity contribution in [2.24, 2.45) is 11.7 Å². The molecule has 0 radical (unpaired) electrons. The number of piperidine rings is 1. The highest BCUT2D eigenvalue weighted by molar-refractivity contribution is 7.89. The zero-order chi connectivity index (χ0) is 13.2. The Labute approximate surface area is 124 Å². The van der Waals surface area contributed by atoms with E-state index < -0.39 is 10.0 Å². The summed E-state index contributed by atoms with van der Waals surface area (Å²) in [6, 6.07) is 3.15. The summed E-state index contributed by atoms with van der Waals surface area (Å²) in [6.07, 6.45) is 3.02. The molecule has 1 aromatic rings. The Morgan fingerprint density at radius 3 is 2.58 bits per heavy atom. The summed E-state index contributed by atoms with van der Waals surface area (Å²) < 4.78 is 26.1. The minimum absolute atomic E-state index is 0. The van der Waals surface area contributed by atoms with Crippen LogP contribution in [-0.4, -0.2) is 37.3 Å². The molecule has 0 saturated carbocycles. The maximum atomic E-state index is 12.4. The topological polar surface area (TPSA) is 76.3 Å². The number of sulfonamides is 1. The third-order valence-electron chi connectivity index (χ3n) is 3.22. The van der Waals surface area contributed by atoms with Gasteiger partial charge in [0.25, 0.3) is 10.0 Å². The van der Waals surface area contributed by atoms with E-state index >= 15 is 0 Å². The largest absolute Gasteiger partial charge is 0.330 e. The lowest BCUT2D eigenvalue weighted by Crippen LogP contribution is -2.40. The van der Waals surface area contributed by atoms with Crippen molar-refractivity contribution in [2.75, 3.05) is 19.6 Å². The van der Waals surface area contributed by atoms with Gasteiger partial charge in [0.05, 0.1) is 5.02 Å². The number of nitrogens with zero attached hydrogens (tertiary/aromatic N) is 2. The predicted molar refractivity (Wildman–Crippen MR) is 77.0 cm³/mol. The van der Waals surface area contributed by atoms with Crippen molar-refractivity contribution in [2.45, 2.75) is 17.9 Å². The van der Waals surface area contributed by atoms with Crippen molar-refractivity contribution in [3.8, 4) is 0 Å². The van der Waals surface area contributed by atoms with E-state index in [1.54, 1.807) is 6.07 Å². The van der Waals surface area contributed by atoms with Crippen LogP contribution in [0.3, 0.4) is 0 Å². The van der Waals surface area contributed by atoms with E-state index in [9.17, 15) is 8.42 Å². The summed E-state index contributed by atoms with van der Waals surface area (Å²) in [4.78, 5) is 3.88. The van der Waals surface area contributed by atoms with Crippen LogP contribution in [0.2, 0.25) is 5.02 Å². The summed E-state index contributed by atoms with van der Waals surface area (Å²) in [7, 11) is -3.57. The van der Waals surface area contributed by atoms with Gasteiger partial charge in [0.15, 0.2) is 5.03 Å². The number of hydrogen-bond acceptors (Lipinski definition) is 4. The molecule has 19 heavy (non-hydrogen) atoms. The van der Waals surface area contributed by atoms with Crippen LogP contribution in [0.25, 0.3) is 0 Å². The van der Waals surface area contributed by atoms with Crippen molar-refractivity contribution in [1.82, 2.24) is 9.29 Å². The van der Waals surface area contributed by atoms with E-state index in [4.69, 9.17) is 17.3 Å².